The number of carbonyl (C=O) groups excluding carboxylic acids is 2. The van der Waals surface area contributed by atoms with Crippen LogP contribution in [0.3, 0.4) is 0 Å². The first-order chi connectivity index (χ1) is 13.6. The largest absolute Gasteiger partial charge is 0.462 e. The average molecular weight is 409 g/mol. The topological polar surface area (TPSA) is 52.6 Å². The SMILES string of the molecule is C=C(C)C(=O)OCCCCC(CCC)C(C)(CCCCOC(=O)C(=C)C)C(C)C. The van der Waals surface area contributed by atoms with E-state index in [1.165, 1.54) is 12.8 Å². The molecular weight excluding hydrogens is 364 g/mol. The highest BCUT2D eigenvalue weighted by Gasteiger charge is 2.35. The van der Waals surface area contributed by atoms with Gasteiger partial charge in [0.1, 0.15) is 0 Å². The summed E-state index contributed by atoms with van der Waals surface area (Å²) in [6.07, 6.45) is 8.56. The van der Waals surface area contributed by atoms with E-state index in [0.29, 0.717) is 36.2 Å². The van der Waals surface area contributed by atoms with Crippen molar-refractivity contribution >= 4 is 11.9 Å². The van der Waals surface area contributed by atoms with Crippen LogP contribution in [0.2, 0.25) is 0 Å². The quantitative estimate of drug-likeness (QED) is 0.163. The van der Waals surface area contributed by atoms with Crippen LogP contribution in [0.1, 0.15) is 92.9 Å². The number of carbonyl (C=O) groups is 2. The van der Waals surface area contributed by atoms with Crippen LogP contribution < -0.4 is 0 Å². The van der Waals surface area contributed by atoms with Crippen molar-refractivity contribution in [3.8, 4) is 0 Å². The molecular formula is C25H44O4. The molecule has 2 unspecified atom stereocenters. The molecule has 0 aliphatic rings. The predicted octanol–water partition coefficient (Wildman–Crippen LogP) is 6.64. The smallest absolute Gasteiger partial charge is 0.333 e. The van der Waals surface area contributed by atoms with Gasteiger partial charge in [-0.05, 0) is 69.6 Å². The third kappa shape index (κ3) is 10.7. The lowest BCUT2D eigenvalue weighted by molar-refractivity contribution is -0.140. The number of hydrogen-bond acceptors (Lipinski definition) is 4. The van der Waals surface area contributed by atoms with Gasteiger partial charge in [-0.3, -0.25) is 0 Å². The molecule has 0 amide bonds. The molecule has 4 heteroatoms. The molecule has 2 atom stereocenters. The molecule has 0 aromatic carbocycles. The van der Waals surface area contributed by atoms with E-state index >= 15 is 0 Å². The molecule has 0 radical (unpaired) electrons. The van der Waals surface area contributed by atoms with Gasteiger partial charge in [0.25, 0.3) is 0 Å². The number of hydrogen-bond donors (Lipinski definition) is 0. The van der Waals surface area contributed by atoms with Gasteiger partial charge in [-0.15, -0.1) is 0 Å². The molecule has 0 aromatic heterocycles. The van der Waals surface area contributed by atoms with Crippen LogP contribution in [0.5, 0.6) is 0 Å². The van der Waals surface area contributed by atoms with Gasteiger partial charge >= 0.3 is 11.9 Å². The Bertz CT molecular complexity index is 535. The molecule has 4 nitrogen and oxygen atoms in total. The number of esters is 2. The second kappa shape index (κ2) is 14.4. The summed E-state index contributed by atoms with van der Waals surface area (Å²) in [5.41, 5.74) is 1.16. The summed E-state index contributed by atoms with van der Waals surface area (Å²) >= 11 is 0. The van der Waals surface area contributed by atoms with Gasteiger partial charge < -0.3 is 9.47 Å². The van der Waals surface area contributed by atoms with Crippen LogP contribution in [0.15, 0.2) is 24.3 Å². The van der Waals surface area contributed by atoms with Crippen molar-refractivity contribution in [2.75, 3.05) is 13.2 Å². The highest BCUT2D eigenvalue weighted by atomic mass is 16.5. The minimum absolute atomic E-state index is 0.253. The van der Waals surface area contributed by atoms with Crippen molar-refractivity contribution in [2.45, 2.75) is 92.9 Å². The van der Waals surface area contributed by atoms with Crippen molar-refractivity contribution in [1.29, 1.82) is 0 Å². The van der Waals surface area contributed by atoms with E-state index in [1.807, 2.05) is 0 Å². The maximum atomic E-state index is 11.5. The number of rotatable bonds is 16. The van der Waals surface area contributed by atoms with Crippen LogP contribution in [-0.2, 0) is 19.1 Å². The van der Waals surface area contributed by atoms with Gasteiger partial charge in [-0.25, -0.2) is 9.59 Å². The number of unbranched alkanes of at least 4 members (excludes halogenated alkanes) is 2. The molecule has 0 saturated heterocycles. The molecule has 0 aliphatic carbocycles. The van der Waals surface area contributed by atoms with E-state index in [-0.39, 0.29) is 17.4 Å². The summed E-state index contributed by atoms with van der Waals surface area (Å²) in [6, 6.07) is 0. The van der Waals surface area contributed by atoms with Gasteiger partial charge in [-0.2, -0.15) is 0 Å². The van der Waals surface area contributed by atoms with E-state index in [9.17, 15) is 9.59 Å². The Morgan fingerprint density at radius 3 is 1.76 bits per heavy atom. The maximum Gasteiger partial charge on any atom is 0.333 e. The van der Waals surface area contributed by atoms with E-state index in [4.69, 9.17) is 9.47 Å². The third-order valence-electron chi connectivity index (χ3n) is 6.11. The Morgan fingerprint density at radius 1 is 0.862 bits per heavy atom. The zero-order chi connectivity index (χ0) is 22.4. The van der Waals surface area contributed by atoms with E-state index in [2.05, 4.69) is 40.9 Å². The standard InChI is InChI=1S/C25H44O4/c1-9-14-22(15-10-12-17-28-23(26)19(2)3)25(8,21(6)7)16-11-13-18-29-24(27)20(4)5/h21-22H,2,4,9-18H2,1,3,5-8H3. The summed E-state index contributed by atoms with van der Waals surface area (Å²) < 4.78 is 10.4. The third-order valence-corrected chi connectivity index (χ3v) is 6.11. The Kier molecular flexibility index (Phi) is 13.6. The van der Waals surface area contributed by atoms with Gasteiger partial charge in [0.15, 0.2) is 0 Å². The Hall–Kier alpha value is -1.58. The molecule has 0 rings (SSSR count). The van der Waals surface area contributed by atoms with Crippen LogP contribution >= 0.6 is 0 Å². The highest BCUT2D eigenvalue weighted by Crippen LogP contribution is 2.45. The van der Waals surface area contributed by atoms with Crippen LogP contribution in [-0.4, -0.2) is 25.2 Å². The second-order valence-corrected chi connectivity index (χ2v) is 8.93. The number of ether oxygens (including phenoxy) is 2. The van der Waals surface area contributed by atoms with E-state index < -0.39 is 0 Å². The van der Waals surface area contributed by atoms with Gasteiger partial charge in [0.2, 0.25) is 0 Å². The molecule has 0 bridgehead atoms. The highest BCUT2D eigenvalue weighted by molar-refractivity contribution is 5.87. The van der Waals surface area contributed by atoms with Crippen molar-refractivity contribution in [1.82, 2.24) is 0 Å². The monoisotopic (exact) mass is 408 g/mol. The van der Waals surface area contributed by atoms with Crippen LogP contribution in [0.25, 0.3) is 0 Å². The summed E-state index contributed by atoms with van der Waals surface area (Å²) in [7, 11) is 0. The molecule has 0 fully saturated rings. The predicted molar refractivity (Wildman–Crippen MR) is 121 cm³/mol. The first kappa shape index (κ1) is 27.4. The summed E-state index contributed by atoms with van der Waals surface area (Å²) in [4.78, 5) is 23.0. The van der Waals surface area contributed by atoms with Crippen molar-refractivity contribution in [3.05, 3.63) is 24.3 Å². The summed E-state index contributed by atoms with van der Waals surface area (Å²) in [5.74, 6) is 0.628. The Labute approximate surface area is 179 Å². The lowest BCUT2D eigenvalue weighted by atomic mass is 9.63. The molecule has 0 aliphatic heterocycles. The molecule has 0 aromatic rings. The summed E-state index contributed by atoms with van der Waals surface area (Å²) in [5, 5.41) is 0. The zero-order valence-corrected chi connectivity index (χ0v) is 19.8. The maximum absolute atomic E-state index is 11.5. The van der Waals surface area contributed by atoms with Crippen molar-refractivity contribution in [3.63, 3.8) is 0 Å². The average Bonchev–Trinajstić information content (AvgIpc) is 2.65. The second-order valence-electron chi connectivity index (χ2n) is 8.93. The van der Waals surface area contributed by atoms with Crippen LogP contribution in [0, 0.1) is 17.3 Å². The fourth-order valence-corrected chi connectivity index (χ4v) is 3.79. The minimum atomic E-state index is -0.298. The van der Waals surface area contributed by atoms with E-state index in [1.54, 1.807) is 13.8 Å². The molecule has 0 heterocycles. The molecule has 0 saturated carbocycles. The lowest BCUT2D eigenvalue weighted by Crippen LogP contribution is -2.33. The first-order valence-corrected chi connectivity index (χ1v) is 11.2. The van der Waals surface area contributed by atoms with Crippen LogP contribution in [0.4, 0.5) is 0 Å². The fraction of sp³-hybridized carbons (Fsp3) is 0.760. The Morgan fingerprint density at radius 2 is 1.34 bits per heavy atom. The summed E-state index contributed by atoms with van der Waals surface area (Å²) in [6.45, 7) is 20.8. The molecule has 29 heavy (non-hydrogen) atoms. The molecule has 168 valence electrons. The van der Waals surface area contributed by atoms with E-state index in [0.717, 1.165) is 38.5 Å². The molecule has 0 spiro atoms. The fourth-order valence-electron chi connectivity index (χ4n) is 3.79. The van der Waals surface area contributed by atoms with Gasteiger partial charge in [-0.1, -0.05) is 53.7 Å². The van der Waals surface area contributed by atoms with Crippen molar-refractivity contribution < 1.29 is 19.1 Å². The van der Waals surface area contributed by atoms with Gasteiger partial charge in [0.05, 0.1) is 13.2 Å². The van der Waals surface area contributed by atoms with Gasteiger partial charge in [0, 0.05) is 11.1 Å². The minimum Gasteiger partial charge on any atom is -0.462 e. The zero-order valence-electron chi connectivity index (χ0n) is 19.8. The molecule has 0 N–H and O–H groups in total. The normalized spacial score (nSPS) is 14.2. The Balaban J connectivity index is 4.58. The van der Waals surface area contributed by atoms with Crippen molar-refractivity contribution in [2.24, 2.45) is 17.3 Å². The first-order valence-electron chi connectivity index (χ1n) is 11.2. The lowest BCUT2D eigenvalue weighted by Gasteiger charge is -2.42.